The van der Waals surface area contributed by atoms with Crippen molar-refractivity contribution in [2.24, 2.45) is 10.9 Å². The van der Waals surface area contributed by atoms with Crippen LogP contribution in [0.5, 0.6) is 0 Å². The van der Waals surface area contributed by atoms with Crippen molar-refractivity contribution >= 4 is 98.7 Å². The van der Waals surface area contributed by atoms with Crippen molar-refractivity contribution in [2.45, 2.75) is 145 Å². The minimum atomic E-state index is -4.72. The molecule has 4 aliphatic heterocycles. The number of nitrogens with one attached hydrogen (secondary N) is 11. The lowest BCUT2D eigenvalue weighted by Gasteiger charge is -2.31. The van der Waals surface area contributed by atoms with Gasteiger partial charge in [0.05, 0.1) is 37.8 Å². The molecule has 3 saturated heterocycles. The van der Waals surface area contributed by atoms with E-state index >= 15 is 4.79 Å². The second-order valence-corrected chi connectivity index (χ2v) is 25.0. The number of amides is 12. The number of aromatic amines is 2. The fraction of sp³-hybridized carbons (Fsp3) is 0.462. The number of rotatable bonds is 12. The Morgan fingerprint density at radius 3 is 1.99 bits per heavy atom. The molecule has 0 bridgehead atoms. The Kier molecular flexibility index (Phi) is 22.5. The van der Waals surface area contributed by atoms with Crippen LogP contribution < -0.4 is 47.9 Å². The van der Waals surface area contributed by atoms with Gasteiger partial charge in [-0.3, -0.25) is 57.8 Å². The molecule has 0 radical (unpaired) electrons. The minimum Gasteiger partial charge on any atom is -0.480 e. The Hall–Kier alpha value is -10.4. The summed E-state index contributed by atoms with van der Waals surface area (Å²) in [6.07, 6.45) is -3.97. The number of nitrogens with zero attached hydrogens (tertiary/aromatic N) is 4. The fourth-order valence-electron chi connectivity index (χ4n) is 12.3. The van der Waals surface area contributed by atoms with E-state index in [9.17, 15) is 81.2 Å². The van der Waals surface area contributed by atoms with Crippen LogP contribution in [0.4, 0.5) is 18.0 Å². The van der Waals surface area contributed by atoms with E-state index in [2.05, 4.69) is 62.8 Å². The molecule has 524 valence electrons. The number of aliphatic carboxylic acids is 1. The van der Waals surface area contributed by atoms with Crippen LogP contribution in [0.15, 0.2) is 90.2 Å². The summed E-state index contributed by atoms with van der Waals surface area (Å²) in [6.45, 7) is 2.21. The first-order valence-electron chi connectivity index (χ1n) is 32.0. The number of aliphatic hydroxyl groups is 2. The summed E-state index contributed by atoms with van der Waals surface area (Å²) in [5.41, 5.74) is -0.0931. The molecule has 0 spiro atoms. The number of hydrogen-bond donors (Lipinski definition) is 14. The van der Waals surface area contributed by atoms with Crippen LogP contribution in [0.25, 0.3) is 21.8 Å². The summed E-state index contributed by atoms with van der Waals surface area (Å²) in [5, 5.41) is 55.8. The second-order valence-electron chi connectivity index (χ2n) is 25.0. The van der Waals surface area contributed by atoms with Crippen molar-refractivity contribution in [3.05, 3.63) is 107 Å². The fourth-order valence-corrected chi connectivity index (χ4v) is 12.3. The Balaban J connectivity index is 1.05. The highest BCUT2D eigenvalue weighted by molar-refractivity contribution is 6.10. The van der Waals surface area contributed by atoms with Crippen molar-refractivity contribution in [3.8, 4) is 0 Å². The van der Waals surface area contributed by atoms with Crippen LogP contribution in [-0.2, 0) is 78.2 Å². The molecule has 9 rings (SSSR count). The average Bonchev–Trinajstić information content (AvgIpc) is 1.59. The molecule has 0 saturated carbocycles. The molecule has 12 amide bonds. The van der Waals surface area contributed by atoms with Gasteiger partial charge >= 0.3 is 18.2 Å². The lowest BCUT2D eigenvalue weighted by molar-refractivity contribution is -0.150. The van der Waals surface area contributed by atoms with Crippen LogP contribution >= 0.6 is 0 Å². The Bertz CT molecular complexity index is 3910. The molecule has 3 fully saturated rings. The van der Waals surface area contributed by atoms with Crippen LogP contribution in [0, 0.1) is 5.92 Å². The molecule has 0 unspecified atom stereocenters. The summed E-state index contributed by atoms with van der Waals surface area (Å²) in [6, 6.07) is 4.14. The molecule has 5 aromatic rings. The third-order valence-electron chi connectivity index (χ3n) is 17.6. The highest BCUT2D eigenvalue weighted by Gasteiger charge is 2.53. The van der Waals surface area contributed by atoms with Crippen LogP contribution in [0.3, 0.4) is 0 Å². The second kappa shape index (κ2) is 30.7. The quantitative estimate of drug-likeness (QED) is 0.0699. The molecule has 33 heteroatoms. The summed E-state index contributed by atoms with van der Waals surface area (Å²) >= 11 is 0. The molecular weight excluding hydrogens is 1290 g/mol. The van der Waals surface area contributed by atoms with Crippen LogP contribution in [0.2, 0.25) is 0 Å². The zero-order chi connectivity index (χ0) is 70.9. The molecule has 10 atom stereocenters. The standard InChI is InChI=1S/C65H78F3N15O15/c1-33(2)52-57(92)74-45(60(95)82-23-10-16-48(82)61(96)97)26-49(86)73-34(3)59(94)81-22-9-15-47(81)56(91)71-30-50(87)79-64(27-36-17-19-39(20-18-36)65(66,67)68)62(80-64)78-53(35(4)85)58(93)75-46(32-84)54(89)72-31-51(88)83(24-21-37-28-69-42-13-7-5-11-40(37)42)63(98)76-44(55(90)77-52)25-38-29-70-43-14-8-6-12-41(38)43/h5-8,11-14,17-20,28-29,33-35,44-48,52-53,69-70,84-85H,9-10,15-16,21-27,30-32H2,1-4H3,(H,71,91)(H,72,89)(H,73,86)(H,74,92)(H,75,93)(H,76,98)(H,77,90)(H,78,80)(H,79,87)(H,96,97)/t34-,35+,44-,45-,46-,47-,48-,52-,53-,64+/m0/s1. The van der Waals surface area contributed by atoms with Gasteiger partial charge in [-0.2, -0.15) is 13.2 Å². The summed E-state index contributed by atoms with van der Waals surface area (Å²) in [4.78, 5) is 184. The van der Waals surface area contributed by atoms with Gasteiger partial charge in [0.2, 0.25) is 59.1 Å². The number of hydrogen-bond acceptors (Lipinski definition) is 16. The molecule has 4 aliphatic rings. The molecule has 2 aromatic heterocycles. The molecular formula is C65H78F3N15O15. The van der Waals surface area contributed by atoms with E-state index in [1.54, 1.807) is 74.8 Å². The number of carbonyl (C=O) groups excluding carboxylic acids is 11. The predicted molar refractivity (Wildman–Crippen MR) is 343 cm³/mol. The largest absolute Gasteiger partial charge is 0.480 e. The van der Waals surface area contributed by atoms with Crippen molar-refractivity contribution in [1.29, 1.82) is 0 Å². The lowest BCUT2D eigenvalue weighted by atomic mass is 10.00. The Morgan fingerprint density at radius 1 is 0.704 bits per heavy atom. The number of amidine groups is 1. The van der Waals surface area contributed by atoms with E-state index in [0.717, 1.165) is 56.8 Å². The van der Waals surface area contributed by atoms with Gasteiger partial charge in [-0.15, -0.1) is 0 Å². The number of urea groups is 1. The number of fused-ring (bicyclic) bond motifs is 4. The number of likely N-dealkylation sites (tertiary alicyclic amines) is 1. The smallest absolute Gasteiger partial charge is 0.416 e. The molecule has 0 aliphatic carbocycles. The lowest BCUT2D eigenvalue weighted by Crippen LogP contribution is -2.61. The first kappa shape index (κ1) is 71.8. The predicted octanol–water partition coefficient (Wildman–Crippen LogP) is -0.524. The van der Waals surface area contributed by atoms with Crippen molar-refractivity contribution in [1.82, 2.24) is 72.5 Å². The highest BCUT2D eigenvalue weighted by atomic mass is 19.4. The van der Waals surface area contributed by atoms with Crippen molar-refractivity contribution in [3.63, 3.8) is 0 Å². The van der Waals surface area contributed by atoms with Crippen molar-refractivity contribution in [2.75, 3.05) is 39.3 Å². The van der Waals surface area contributed by atoms with E-state index in [4.69, 9.17) is 0 Å². The van der Waals surface area contributed by atoms with Gasteiger partial charge in [0.25, 0.3) is 0 Å². The van der Waals surface area contributed by atoms with Crippen LogP contribution in [0.1, 0.15) is 82.1 Å². The maximum Gasteiger partial charge on any atom is 0.416 e. The summed E-state index contributed by atoms with van der Waals surface area (Å²) in [5.74, 6) is -12.3. The molecule has 14 N–H and O–H groups in total. The molecule has 6 heterocycles. The number of aromatic nitrogens is 2. The third kappa shape index (κ3) is 17.0. The monoisotopic (exact) mass is 1370 g/mol. The van der Waals surface area contributed by atoms with E-state index in [1.165, 1.54) is 6.92 Å². The number of carboxylic acid groups (broad SMARTS) is 1. The Labute approximate surface area is 558 Å². The number of alkyl halides is 3. The zero-order valence-electron chi connectivity index (χ0n) is 53.9. The molecule has 98 heavy (non-hydrogen) atoms. The van der Waals surface area contributed by atoms with E-state index in [1.807, 2.05) is 0 Å². The number of halogens is 3. The zero-order valence-corrected chi connectivity index (χ0v) is 53.9. The number of imide groups is 1. The average molecular weight is 1370 g/mol. The normalized spacial score (nSPS) is 25.4. The maximum absolute atomic E-state index is 15.0. The number of aliphatic hydroxyl groups excluding tert-OH is 2. The number of aliphatic imine (C=N–C) groups is 1. The third-order valence-corrected chi connectivity index (χ3v) is 17.6. The summed E-state index contributed by atoms with van der Waals surface area (Å²) < 4.78 is 40.9. The van der Waals surface area contributed by atoms with Gasteiger partial charge in [-0.25, -0.2) is 9.59 Å². The van der Waals surface area contributed by atoms with Gasteiger partial charge < -0.3 is 82.9 Å². The first-order valence-corrected chi connectivity index (χ1v) is 32.0. The van der Waals surface area contributed by atoms with E-state index in [-0.39, 0.29) is 69.4 Å². The number of carboxylic acids is 1. The summed E-state index contributed by atoms with van der Waals surface area (Å²) in [7, 11) is 0. The number of H-pyrrole nitrogens is 2. The first-order chi connectivity index (χ1) is 46.6. The van der Waals surface area contributed by atoms with E-state index in [0.29, 0.717) is 22.0 Å². The number of benzene rings is 3. The van der Waals surface area contributed by atoms with Crippen molar-refractivity contribution < 1.29 is 86.0 Å². The van der Waals surface area contributed by atoms with Gasteiger partial charge in [0, 0.05) is 66.7 Å². The number of carbonyl (C=O) groups is 12. The van der Waals surface area contributed by atoms with Gasteiger partial charge in [-0.1, -0.05) is 62.4 Å². The van der Waals surface area contributed by atoms with Gasteiger partial charge in [-0.05, 0) is 92.8 Å². The Morgan fingerprint density at radius 2 is 1.35 bits per heavy atom. The molecule has 3 aromatic carbocycles. The van der Waals surface area contributed by atoms with Gasteiger partial charge in [0.1, 0.15) is 48.1 Å². The van der Waals surface area contributed by atoms with Gasteiger partial charge in [0.15, 0.2) is 11.7 Å². The maximum atomic E-state index is 15.0. The minimum absolute atomic E-state index is 0.00198. The number of para-hydroxylation sites is 2. The SMILES string of the molecule is CC(C)[C@@H]1NC(=O)[C@H](Cc2c[nH]c3ccccc23)NC(=O)N(CCc2c[nH]c3ccccc23)C(=O)CNC(=O)[C@H](CO)NC(=O)[C@H]([C@@H](C)O)N=C2N[C@@]2(Cc2ccc(C(F)(F)F)cc2)NC(=O)CNC(=O)[C@@H]2CCCN2C(=O)[C@H](C)NC(=O)C[C@@H](C(=O)N2CCC[C@H]2C(=O)O)NC1=O. The topological polar surface area (TPSA) is 437 Å². The van der Waals surface area contributed by atoms with Crippen LogP contribution in [-0.4, -0.2) is 216 Å². The van der Waals surface area contributed by atoms with E-state index < -0.39 is 181 Å². The molecule has 30 nitrogen and oxygen atoms in total. The highest BCUT2D eigenvalue weighted by Crippen LogP contribution is 2.32.